The first kappa shape index (κ1) is 17.5. The van der Waals surface area contributed by atoms with Crippen molar-refractivity contribution >= 4 is 29.0 Å². The third kappa shape index (κ3) is 4.47. The SMILES string of the molecule is CC(C)CC(C)N(C)C(C)C(=O)c1ccc(Cl)cc1Cl. The molecule has 0 saturated heterocycles. The molecule has 0 aliphatic carbocycles. The molecule has 2 atom stereocenters. The number of nitrogens with zero attached hydrogens (tertiary/aromatic N) is 1. The maximum atomic E-state index is 12.5. The molecule has 20 heavy (non-hydrogen) atoms. The summed E-state index contributed by atoms with van der Waals surface area (Å²) < 4.78 is 0. The summed E-state index contributed by atoms with van der Waals surface area (Å²) in [5.74, 6) is 0.638. The number of carbonyl (C=O) groups excluding carboxylic acids is 1. The molecule has 0 aliphatic heterocycles. The summed E-state index contributed by atoms with van der Waals surface area (Å²) in [7, 11) is 1.99. The van der Waals surface area contributed by atoms with Crippen LogP contribution in [-0.2, 0) is 0 Å². The van der Waals surface area contributed by atoms with Crippen molar-refractivity contribution in [1.29, 1.82) is 0 Å². The predicted molar refractivity (Wildman–Crippen MR) is 86.9 cm³/mol. The lowest BCUT2D eigenvalue weighted by molar-refractivity contribution is 0.0811. The molecular weight excluding hydrogens is 293 g/mol. The molecule has 0 spiro atoms. The minimum absolute atomic E-state index is 0.0322. The molecule has 1 rings (SSSR count). The molecular formula is C16H23Cl2NO. The highest BCUT2D eigenvalue weighted by molar-refractivity contribution is 6.37. The van der Waals surface area contributed by atoms with Gasteiger partial charge in [-0.05, 0) is 51.4 Å². The van der Waals surface area contributed by atoms with E-state index in [1.54, 1.807) is 18.2 Å². The van der Waals surface area contributed by atoms with Gasteiger partial charge in [0.25, 0.3) is 0 Å². The molecule has 2 unspecified atom stereocenters. The van der Waals surface area contributed by atoms with Crippen LogP contribution in [0.25, 0.3) is 0 Å². The van der Waals surface area contributed by atoms with Crippen LogP contribution < -0.4 is 0 Å². The van der Waals surface area contributed by atoms with E-state index in [1.807, 2.05) is 14.0 Å². The Kier molecular flexibility index (Phi) is 6.50. The van der Waals surface area contributed by atoms with Gasteiger partial charge in [0.15, 0.2) is 5.78 Å². The molecule has 0 aromatic heterocycles. The zero-order chi connectivity index (χ0) is 15.4. The van der Waals surface area contributed by atoms with Crippen LogP contribution in [0.2, 0.25) is 10.0 Å². The van der Waals surface area contributed by atoms with Crippen LogP contribution in [-0.4, -0.2) is 29.8 Å². The van der Waals surface area contributed by atoms with Gasteiger partial charge in [-0.3, -0.25) is 9.69 Å². The quantitative estimate of drug-likeness (QED) is 0.694. The van der Waals surface area contributed by atoms with Crippen molar-refractivity contribution in [2.75, 3.05) is 7.05 Å². The second-order valence-corrected chi connectivity index (χ2v) is 6.65. The van der Waals surface area contributed by atoms with Gasteiger partial charge < -0.3 is 0 Å². The van der Waals surface area contributed by atoms with E-state index in [0.717, 1.165) is 6.42 Å². The van der Waals surface area contributed by atoms with Crippen LogP contribution in [0.3, 0.4) is 0 Å². The fourth-order valence-corrected chi connectivity index (χ4v) is 2.83. The van der Waals surface area contributed by atoms with Crippen LogP contribution in [0.15, 0.2) is 18.2 Å². The van der Waals surface area contributed by atoms with Gasteiger partial charge in [-0.1, -0.05) is 37.0 Å². The van der Waals surface area contributed by atoms with Crippen LogP contribution in [0, 0.1) is 5.92 Å². The Morgan fingerprint density at radius 3 is 2.30 bits per heavy atom. The topological polar surface area (TPSA) is 20.3 Å². The van der Waals surface area contributed by atoms with E-state index in [-0.39, 0.29) is 11.8 Å². The van der Waals surface area contributed by atoms with Crippen LogP contribution in [0.4, 0.5) is 0 Å². The molecule has 0 N–H and O–H groups in total. The molecule has 4 heteroatoms. The van der Waals surface area contributed by atoms with Crippen molar-refractivity contribution in [2.24, 2.45) is 5.92 Å². The van der Waals surface area contributed by atoms with Gasteiger partial charge in [-0.15, -0.1) is 0 Å². The number of hydrogen-bond donors (Lipinski definition) is 0. The van der Waals surface area contributed by atoms with E-state index in [2.05, 4.69) is 25.7 Å². The molecule has 1 aromatic carbocycles. The van der Waals surface area contributed by atoms with Crippen LogP contribution in [0.1, 0.15) is 44.5 Å². The molecule has 0 aliphatic rings. The molecule has 2 nitrogen and oxygen atoms in total. The van der Waals surface area contributed by atoms with Gasteiger partial charge in [0.2, 0.25) is 0 Å². The smallest absolute Gasteiger partial charge is 0.181 e. The lowest BCUT2D eigenvalue weighted by atomic mass is 9.99. The standard InChI is InChI=1S/C16H23Cl2NO/c1-10(2)8-11(3)19(5)12(4)16(20)14-7-6-13(17)9-15(14)18/h6-7,9-12H,8H2,1-5H3. The van der Waals surface area contributed by atoms with E-state index in [1.165, 1.54) is 0 Å². The molecule has 1 aromatic rings. The fraction of sp³-hybridized carbons (Fsp3) is 0.562. The Bertz CT molecular complexity index is 474. The second-order valence-electron chi connectivity index (χ2n) is 5.81. The van der Waals surface area contributed by atoms with E-state index in [0.29, 0.717) is 27.6 Å². The number of benzene rings is 1. The Hall–Kier alpha value is -0.570. The summed E-state index contributed by atoms with van der Waals surface area (Å²) in [6, 6.07) is 5.15. The molecule has 0 heterocycles. The highest BCUT2D eigenvalue weighted by Crippen LogP contribution is 2.24. The van der Waals surface area contributed by atoms with E-state index in [9.17, 15) is 4.79 Å². The zero-order valence-electron chi connectivity index (χ0n) is 12.8. The van der Waals surface area contributed by atoms with E-state index < -0.39 is 0 Å². The first-order valence-electron chi connectivity index (χ1n) is 6.95. The molecule has 0 bridgehead atoms. The molecule has 0 radical (unpaired) electrons. The summed E-state index contributed by atoms with van der Waals surface area (Å²) in [4.78, 5) is 14.6. The number of carbonyl (C=O) groups is 1. The number of hydrogen-bond acceptors (Lipinski definition) is 2. The van der Waals surface area contributed by atoms with Gasteiger partial charge in [0.1, 0.15) is 0 Å². The molecule has 0 fully saturated rings. The summed E-state index contributed by atoms with van der Waals surface area (Å²) in [6.07, 6.45) is 1.06. The maximum Gasteiger partial charge on any atom is 0.181 e. The van der Waals surface area contributed by atoms with Gasteiger partial charge in [0.05, 0.1) is 11.1 Å². The van der Waals surface area contributed by atoms with Crippen molar-refractivity contribution in [3.63, 3.8) is 0 Å². The fourth-order valence-electron chi connectivity index (χ4n) is 2.33. The summed E-state index contributed by atoms with van der Waals surface area (Å²) in [5, 5.41) is 0.958. The number of likely N-dealkylation sites (N-methyl/N-ethyl adjacent to an activating group) is 1. The van der Waals surface area contributed by atoms with Crippen molar-refractivity contribution in [3.8, 4) is 0 Å². The summed E-state index contributed by atoms with van der Waals surface area (Å²) in [6.45, 7) is 8.44. The number of halogens is 2. The van der Waals surface area contributed by atoms with Crippen molar-refractivity contribution in [2.45, 2.75) is 46.2 Å². The molecule has 0 amide bonds. The maximum absolute atomic E-state index is 12.5. The van der Waals surface area contributed by atoms with Crippen molar-refractivity contribution in [1.82, 2.24) is 4.90 Å². The second kappa shape index (κ2) is 7.44. The Balaban J connectivity index is 2.85. The first-order chi connectivity index (χ1) is 9.23. The first-order valence-corrected chi connectivity index (χ1v) is 7.70. The van der Waals surface area contributed by atoms with Gasteiger partial charge in [-0.2, -0.15) is 0 Å². The average Bonchev–Trinajstić information content (AvgIpc) is 2.35. The lowest BCUT2D eigenvalue weighted by Crippen LogP contribution is -2.42. The Morgan fingerprint density at radius 1 is 1.20 bits per heavy atom. The average molecular weight is 316 g/mol. The molecule has 112 valence electrons. The predicted octanol–water partition coefficient (Wildman–Crippen LogP) is 4.93. The summed E-state index contributed by atoms with van der Waals surface area (Å²) >= 11 is 12.0. The Morgan fingerprint density at radius 2 is 1.80 bits per heavy atom. The van der Waals surface area contributed by atoms with E-state index in [4.69, 9.17) is 23.2 Å². The molecule has 0 saturated carbocycles. The third-order valence-corrected chi connectivity index (χ3v) is 4.24. The Labute approximate surface area is 132 Å². The van der Waals surface area contributed by atoms with Crippen molar-refractivity contribution < 1.29 is 4.79 Å². The normalized spacial score (nSPS) is 14.7. The minimum Gasteiger partial charge on any atom is -0.294 e. The van der Waals surface area contributed by atoms with E-state index >= 15 is 0 Å². The summed E-state index contributed by atoms with van der Waals surface area (Å²) in [5.41, 5.74) is 0.534. The number of Topliss-reactive ketones (excluding diaryl/α,β-unsaturated/α-hetero) is 1. The van der Waals surface area contributed by atoms with Gasteiger partial charge >= 0.3 is 0 Å². The van der Waals surface area contributed by atoms with Gasteiger partial charge in [0, 0.05) is 16.6 Å². The van der Waals surface area contributed by atoms with Crippen LogP contribution in [0.5, 0.6) is 0 Å². The van der Waals surface area contributed by atoms with Crippen molar-refractivity contribution in [3.05, 3.63) is 33.8 Å². The lowest BCUT2D eigenvalue weighted by Gasteiger charge is -2.31. The monoisotopic (exact) mass is 315 g/mol. The minimum atomic E-state index is -0.206. The third-order valence-electron chi connectivity index (χ3n) is 3.69. The highest BCUT2D eigenvalue weighted by Gasteiger charge is 2.25. The largest absolute Gasteiger partial charge is 0.294 e. The van der Waals surface area contributed by atoms with Crippen LogP contribution >= 0.6 is 23.2 Å². The zero-order valence-corrected chi connectivity index (χ0v) is 14.3. The van der Waals surface area contributed by atoms with Gasteiger partial charge in [-0.25, -0.2) is 0 Å². The number of ketones is 1. The number of rotatable bonds is 6. The highest BCUT2D eigenvalue weighted by atomic mass is 35.5.